The number of amides is 1. The molecule has 1 aromatic carbocycles. The summed E-state index contributed by atoms with van der Waals surface area (Å²) in [5, 5.41) is 3.41. The third-order valence-electron chi connectivity index (χ3n) is 2.92. The zero-order chi connectivity index (χ0) is 14.6. The summed E-state index contributed by atoms with van der Waals surface area (Å²) in [4.78, 5) is 11.9. The predicted octanol–water partition coefficient (Wildman–Crippen LogP) is 2.76. The molecule has 0 fully saturated rings. The number of halogens is 2. The lowest BCUT2D eigenvalue weighted by Crippen LogP contribution is -2.48. The highest BCUT2D eigenvalue weighted by Crippen LogP contribution is 2.23. The van der Waals surface area contributed by atoms with Crippen molar-refractivity contribution in [3.8, 4) is 5.75 Å². The smallest absolute Gasteiger partial charge is 0.237 e. The monoisotopic (exact) mass is 320 g/mol. The van der Waals surface area contributed by atoms with Crippen LogP contribution in [-0.4, -0.2) is 19.1 Å². The second-order valence-corrected chi connectivity index (χ2v) is 5.95. The quantitative estimate of drug-likeness (QED) is 0.896. The van der Waals surface area contributed by atoms with E-state index in [0.717, 1.165) is 5.56 Å². The van der Waals surface area contributed by atoms with Crippen LogP contribution in [0, 0.1) is 5.41 Å². The molecule has 1 rings (SSSR count). The molecule has 1 amide bonds. The van der Waals surface area contributed by atoms with Gasteiger partial charge in [-0.15, -0.1) is 12.4 Å². The van der Waals surface area contributed by atoms with Gasteiger partial charge in [-0.2, -0.15) is 0 Å². The number of nitrogens with two attached hydrogens (primary N) is 1. The van der Waals surface area contributed by atoms with Crippen LogP contribution in [0.3, 0.4) is 0 Å². The molecule has 0 saturated heterocycles. The number of hydrogen-bond acceptors (Lipinski definition) is 3. The maximum Gasteiger partial charge on any atom is 0.237 e. The highest BCUT2D eigenvalue weighted by molar-refractivity contribution is 6.30. The summed E-state index contributed by atoms with van der Waals surface area (Å²) in [6.07, 6.45) is 0. The predicted molar refractivity (Wildman–Crippen MR) is 84.5 cm³/mol. The number of nitrogens with one attached hydrogen (secondary N) is 1. The van der Waals surface area contributed by atoms with Gasteiger partial charge in [-0.3, -0.25) is 4.79 Å². The summed E-state index contributed by atoms with van der Waals surface area (Å²) < 4.78 is 5.22. The van der Waals surface area contributed by atoms with Crippen molar-refractivity contribution in [1.29, 1.82) is 0 Å². The summed E-state index contributed by atoms with van der Waals surface area (Å²) in [6, 6.07) is 4.75. The summed E-state index contributed by atoms with van der Waals surface area (Å²) in [5.41, 5.74) is 6.48. The van der Waals surface area contributed by atoms with Crippen LogP contribution in [-0.2, 0) is 11.3 Å². The summed E-state index contributed by atoms with van der Waals surface area (Å²) in [5.74, 6) is 0.474. The zero-order valence-corrected chi connectivity index (χ0v) is 13.8. The van der Waals surface area contributed by atoms with Gasteiger partial charge in [-0.1, -0.05) is 38.4 Å². The van der Waals surface area contributed by atoms with Crippen LogP contribution in [0.2, 0.25) is 5.02 Å². The molecule has 1 atom stereocenters. The SMILES string of the molecule is COc1cc(Cl)ccc1CNC(=O)[C@@H](N)C(C)(C)C.Cl. The lowest BCUT2D eigenvalue weighted by atomic mass is 9.87. The van der Waals surface area contributed by atoms with Crippen molar-refractivity contribution in [2.45, 2.75) is 33.4 Å². The van der Waals surface area contributed by atoms with E-state index < -0.39 is 6.04 Å². The Bertz CT molecular complexity index is 459. The first kappa shape index (κ1) is 19.0. The number of carbonyl (C=O) groups is 1. The fourth-order valence-corrected chi connectivity index (χ4v) is 1.71. The Morgan fingerprint density at radius 1 is 1.45 bits per heavy atom. The van der Waals surface area contributed by atoms with Crippen LogP contribution >= 0.6 is 24.0 Å². The summed E-state index contributed by atoms with van der Waals surface area (Å²) in [7, 11) is 1.57. The molecule has 0 aromatic heterocycles. The van der Waals surface area contributed by atoms with Gasteiger partial charge in [0.15, 0.2) is 0 Å². The van der Waals surface area contributed by atoms with E-state index in [1.54, 1.807) is 19.2 Å². The Morgan fingerprint density at radius 3 is 2.55 bits per heavy atom. The number of carbonyl (C=O) groups excluding carboxylic acids is 1. The largest absolute Gasteiger partial charge is 0.496 e. The molecule has 114 valence electrons. The molecule has 6 heteroatoms. The maximum atomic E-state index is 11.9. The van der Waals surface area contributed by atoms with Gasteiger partial charge in [-0.05, 0) is 17.5 Å². The Hall–Kier alpha value is -0.970. The fraction of sp³-hybridized carbons (Fsp3) is 0.500. The first-order chi connectivity index (χ1) is 8.75. The van der Waals surface area contributed by atoms with Gasteiger partial charge >= 0.3 is 0 Å². The minimum absolute atomic E-state index is 0. The Labute approximate surface area is 131 Å². The van der Waals surface area contributed by atoms with Crippen molar-refractivity contribution in [2.75, 3.05) is 7.11 Å². The van der Waals surface area contributed by atoms with Gasteiger partial charge in [-0.25, -0.2) is 0 Å². The van der Waals surface area contributed by atoms with Crippen molar-refractivity contribution in [3.05, 3.63) is 28.8 Å². The molecule has 0 radical (unpaired) electrons. The molecule has 3 N–H and O–H groups in total. The van der Waals surface area contributed by atoms with Gasteiger partial charge in [0.25, 0.3) is 0 Å². The molecule has 4 nitrogen and oxygen atoms in total. The second kappa shape index (κ2) is 7.72. The molecular formula is C14H22Cl2N2O2. The van der Waals surface area contributed by atoms with Crippen LogP contribution < -0.4 is 15.8 Å². The third kappa shape index (κ3) is 5.19. The summed E-state index contributed by atoms with van der Waals surface area (Å²) >= 11 is 5.88. The zero-order valence-electron chi connectivity index (χ0n) is 12.2. The van der Waals surface area contributed by atoms with E-state index in [4.69, 9.17) is 22.1 Å². The van der Waals surface area contributed by atoms with Gasteiger partial charge in [0.05, 0.1) is 13.2 Å². The van der Waals surface area contributed by atoms with Gasteiger partial charge in [0.2, 0.25) is 5.91 Å². The van der Waals surface area contributed by atoms with E-state index in [-0.39, 0.29) is 23.7 Å². The van der Waals surface area contributed by atoms with Crippen molar-refractivity contribution >= 4 is 29.9 Å². The average molecular weight is 321 g/mol. The first-order valence-electron chi connectivity index (χ1n) is 6.11. The molecule has 0 aliphatic heterocycles. The van der Waals surface area contributed by atoms with E-state index in [1.807, 2.05) is 26.8 Å². The summed E-state index contributed by atoms with van der Waals surface area (Å²) in [6.45, 7) is 6.16. The van der Waals surface area contributed by atoms with E-state index in [0.29, 0.717) is 17.3 Å². The maximum absolute atomic E-state index is 11.9. The fourth-order valence-electron chi connectivity index (χ4n) is 1.55. The first-order valence-corrected chi connectivity index (χ1v) is 6.49. The van der Waals surface area contributed by atoms with Crippen LogP contribution in [0.1, 0.15) is 26.3 Å². The van der Waals surface area contributed by atoms with Crippen molar-refractivity contribution < 1.29 is 9.53 Å². The minimum Gasteiger partial charge on any atom is -0.496 e. The van der Waals surface area contributed by atoms with Crippen LogP contribution in [0.4, 0.5) is 0 Å². The average Bonchev–Trinajstić information content (AvgIpc) is 2.34. The molecule has 0 bridgehead atoms. The molecule has 0 saturated carbocycles. The number of ether oxygens (including phenoxy) is 1. The van der Waals surface area contributed by atoms with E-state index in [1.165, 1.54) is 0 Å². The molecule has 0 unspecified atom stereocenters. The highest BCUT2D eigenvalue weighted by Gasteiger charge is 2.27. The standard InChI is InChI=1S/C14H21ClN2O2.ClH/c1-14(2,3)12(16)13(18)17-8-9-5-6-10(15)7-11(9)19-4;/h5-7,12H,8,16H2,1-4H3,(H,17,18);1H/t12-;/m1./s1. The number of hydrogen-bond donors (Lipinski definition) is 2. The highest BCUT2D eigenvalue weighted by atomic mass is 35.5. The van der Waals surface area contributed by atoms with Crippen molar-refractivity contribution in [1.82, 2.24) is 5.32 Å². The number of methoxy groups -OCH3 is 1. The molecule has 0 aliphatic rings. The molecule has 0 aliphatic carbocycles. The molecular weight excluding hydrogens is 299 g/mol. The van der Waals surface area contributed by atoms with Gasteiger partial charge < -0.3 is 15.8 Å². The topological polar surface area (TPSA) is 64.3 Å². The van der Waals surface area contributed by atoms with E-state index >= 15 is 0 Å². The Kier molecular flexibility index (Phi) is 7.34. The lowest BCUT2D eigenvalue weighted by molar-refractivity contribution is -0.124. The second-order valence-electron chi connectivity index (χ2n) is 5.52. The van der Waals surface area contributed by atoms with Crippen molar-refractivity contribution in [3.63, 3.8) is 0 Å². The van der Waals surface area contributed by atoms with Crippen molar-refractivity contribution in [2.24, 2.45) is 11.1 Å². The van der Waals surface area contributed by atoms with Gasteiger partial charge in [0.1, 0.15) is 5.75 Å². The van der Waals surface area contributed by atoms with Crippen LogP contribution in [0.5, 0.6) is 5.75 Å². The molecule has 1 aromatic rings. The van der Waals surface area contributed by atoms with Crippen LogP contribution in [0.15, 0.2) is 18.2 Å². The molecule has 0 spiro atoms. The number of benzene rings is 1. The van der Waals surface area contributed by atoms with E-state index in [9.17, 15) is 4.79 Å². The Morgan fingerprint density at radius 2 is 2.05 bits per heavy atom. The third-order valence-corrected chi connectivity index (χ3v) is 3.15. The molecule has 0 heterocycles. The lowest BCUT2D eigenvalue weighted by Gasteiger charge is -2.26. The normalized spacial score (nSPS) is 12.3. The van der Waals surface area contributed by atoms with Gasteiger partial charge in [0, 0.05) is 17.1 Å². The van der Waals surface area contributed by atoms with Crippen LogP contribution in [0.25, 0.3) is 0 Å². The molecule has 20 heavy (non-hydrogen) atoms. The minimum atomic E-state index is -0.550. The Balaban J connectivity index is 0.00000361. The van der Waals surface area contributed by atoms with E-state index in [2.05, 4.69) is 5.32 Å². The number of rotatable bonds is 4.